The van der Waals surface area contributed by atoms with E-state index in [1.165, 1.54) is 30.7 Å². The molecule has 34 heavy (non-hydrogen) atoms. The fraction of sp³-hybridized carbons (Fsp3) is 0.417. The Morgan fingerprint density at radius 3 is 2.41 bits per heavy atom. The number of nitrogens with zero attached hydrogens (tertiary/aromatic N) is 1. The summed E-state index contributed by atoms with van der Waals surface area (Å²) in [5.74, 6) is -0.280. The lowest BCUT2D eigenvalue weighted by Gasteiger charge is -2.31. The molecule has 3 rings (SSSR count). The Bertz CT molecular complexity index is 1120. The highest BCUT2D eigenvalue weighted by molar-refractivity contribution is 7.89. The SMILES string of the molecule is CCOC(=O)Cc1ccc(NC(=O)C2CCCN(S(=O)(=O)c3ccc(OC)c(OC)c3)C2)cc1. The molecule has 0 aliphatic carbocycles. The molecule has 0 spiro atoms. The summed E-state index contributed by atoms with van der Waals surface area (Å²) in [4.78, 5) is 24.6. The number of anilines is 1. The van der Waals surface area contributed by atoms with E-state index in [1.54, 1.807) is 37.3 Å². The molecule has 1 atom stereocenters. The lowest BCUT2D eigenvalue weighted by Crippen LogP contribution is -2.43. The molecule has 2 aromatic carbocycles. The van der Waals surface area contributed by atoms with Gasteiger partial charge in [0.15, 0.2) is 11.5 Å². The predicted molar refractivity (Wildman–Crippen MR) is 126 cm³/mol. The number of ether oxygens (including phenoxy) is 3. The minimum absolute atomic E-state index is 0.0865. The molecule has 0 aromatic heterocycles. The Hall–Kier alpha value is -3.11. The highest BCUT2D eigenvalue weighted by atomic mass is 32.2. The predicted octanol–water partition coefficient (Wildman–Crippen LogP) is 2.85. The number of rotatable bonds is 9. The smallest absolute Gasteiger partial charge is 0.310 e. The molecular weight excluding hydrogens is 460 g/mol. The van der Waals surface area contributed by atoms with Gasteiger partial charge in [-0.25, -0.2) is 8.42 Å². The van der Waals surface area contributed by atoms with E-state index in [-0.39, 0.29) is 29.7 Å². The number of nitrogens with one attached hydrogen (secondary N) is 1. The van der Waals surface area contributed by atoms with Crippen LogP contribution in [0.2, 0.25) is 0 Å². The van der Waals surface area contributed by atoms with Gasteiger partial charge in [0.2, 0.25) is 15.9 Å². The normalized spacial score (nSPS) is 16.5. The minimum Gasteiger partial charge on any atom is -0.493 e. The molecule has 1 aliphatic rings. The standard InChI is InChI=1S/C24H30N2O7S/c1-4-33-23(27)14-17-7-9-19(10-8-17)25-24(28)18-6-5-13-26(16-18)34(29,30)20-11-12-21(31-2)22(15-20)32-3/h7-12,15,18H,4-6,13-14,16H2,1-3H3,(H,25,28). The van der Waals surface area contributed by atoms with Crippen LogP contribution in [0.15, 0.2) is 47.4 Å². The van der Waals surface area contributed by atoms with Crippen molar-refractivity contribution in [2.75, 3.05) is 39.2 Å². The molecule has 0 saturated carbocycles. The van der Waals surface area contributed by atoms with Crippen LogP contribution in [0.5, 0.6) is 11.5 Å². The summed E-state index contributed by atoms with van der Waals surface area (Å²) in [5, 5.41) is 2.85. The van der Waals surface area contributed by atoms with Gasteiger partial charge in [0.1, 0.15) is 0 Å². The number of hydrogen-bond donors (Lipinski definition) is 1. The number of hydrogen-bond acceptors (Lipinski definition) is 7. The van der Waals surface area contributed by atoms with Gasteiger partial charge in [-0.3, -0.25) is 9.59 Å². The van der Waals surface area contributed by atoms with E-state index in [4.69, 9.17) is 14.2 Å². The first-order valence-electron chi connectivity index (χ1n) is 11.1. The van der Waals surface area contributed by atoms with Crippen LogP contribution in [0.25, 0.3) is 0 Å². The Morgan fingerprint density at radius 2 is 1.76 bits per heavy atom. The highest BCUT2D eigenvalue weighted by Gasteiger charge is 2.33. The van der Waals surface area contributed by atoms with Gasteiger partial charge in [0, 0.05) is 24.8 Å². The number of sulfonamides is 1. The van der Waals surface area contributed by atoms with Gasteiger partial charge in [0.25, 0.3) is 0 Å². The van der Waals surface area contributed by atoms with Gasteiger partial charge in [-0.2, -0.15) is 4.31 Å². The van der Waals surface area contributed by atoms with Crippen LogP contribution in [-0.4, -0.2) is 58.5 Å². The first kappa shape index (κ1) is 25.5. The molecule has 9 nitrogen and oxygen atoms in total. The van der Waals surface area contributed by atoms with Crippen LogP contribution in [0.4, 0.5) is 5.69 Å². The maximum absolute atomic E-state index is 13.2. The number of esters is 1. The third kappa shape index (κ3) is 6.06. The summed E-state index contributed by atoms with van der Waals surface area (Å²) in [5.41, 5.74) is 1.36. The summed E-state index contributed by atoms with van der Waals surface area (Å²) >= 11 is 0. The number of piperidine rings is 1. The first-order chi connectivity index (χ1) is 16.3. The van der Waals surface area contributed by atoms with Crippen molar-refractivity contribution in [3.05, 3.63) is 48.0 Å². The summed E-state index contributed by atoms with van der Waals surface area (Å²) in [6.07, 6.45) is 1.32. The molecule has 1 aliphatic heterocycles. The fourth-order valence-electron chi connectivity index (χ4n) is 3.83. The third-order valence-electron chi connectivity index (χ3n) is 5.62. The summed E-state index contributed by atoms with van der Waals surface area (Å²) < 4.78 is 43.1. The Morgan fingerprint density at radius 1 is 1.06 bits per heavy atom. The van der Waals surface area contributed by atoms with Crippen LogP contribution in [0, 0.1) is 5.92 Å². The maximum atomic E-state index is 13.2. The molecular formula is C24H30N2O7S. The van der Waals surface area contributed by atoms with Gasteiger partial charge >= 0.3 is 5.97 Å². The largest absolute Gasteiger partial charge is 0.493 e. The van der Waals surface area contributed by atoms with Gasteiger partial charge in [-0.05, 0) is 49.6 Å². The summed E-state index contributed by atoms with van der Waals surface area (Å²) in [7, 11) is -0.884. The molecule has 1 heterocycles. The third-order valence-corrected chi connectivity index (χ3v) is 7.48. The molecule has 2 aromatic rings. The van der Waals surface area contributed by atoms with Gasteiger partial charge in [0.05, 0.1) is 38.1 Å². The topological polar surface area (TPSA) is 111 Å². The molecule has 10 heteroatoms. The number of methoxy groups -OCH3 is 2. The van der Waals surface area contributed by atoms with E-state index in [2.05, 4.69) is 5.32 Å². The maximum Gasteiger partial charge on any atom is 0.310 e. The lowest BCUT2D eigenvalue weighted by atomic mass is 9.98. The second-order valence-corrected chi connectivity index (χ2v) is 9.82. The van der Waals surface area contributed by atoms with E-state index in [1.807, 2.05) is 0 Å². The lowest BCUT2D eigenvalue weighted by molar-refractivity contribution is -0.142. The molecule has 0 radical (unpaired) electrons. The average molecular weight is 491 g/mol. The zero-order chi connectivity index (χ0) is 24.7. The molecule has 1 N–H and O–H groups in total. The van der Waals surface area contributed by atoms with E-state index in [9.17, 15) is 18.0 Å². The van der Waals surface area contributed by atoms with Crippen molar-refractivity contribution in [2.45, 2.75) is 31.1 Å². The Labute approximate surface area is 200 Å². The number of benzene rings is 2. The van der Waals surface area contributed by atoms with Crippen molar-refractivity contribution < 1.29 is 32.2 Å². The van der Waals surface area contributed by atoms with Crippen LogP contribution in [0.3, 0.4) is 0 Å². The van der Waals surface area contributed by atoms with Crippen molar-refractivity contribution in [1.29, 1.82) is 0 Å². The average Bonchev–Trinajstić information content (AvgIpc) is 2.85. The Kier molecular flexibility index (Phi) is 8.51. The number of amides is 1. The van der Waals surface area contributed by atoms with E-state index in [0.29, 0.717) is 43.2 Å². The van der Waals surface area contributed by atoms with E-state index >= 15 is 0 Å². The van der Waals surface area contributed by atoms with Crippen LogP contribution in [-0.2, 0) is 30.8 Å². The molecule has 0 bridgehead atoms. The quantitative estimate of drug-likeness (QED) is 0.538. The number of carbonyl (C=O) groups excluding carboxylic acids is 2. The fourth-order valence-corrected chi connectivity index (χ4v) is 5.37. The van der Waals surface area contributed by atoms with Crippen LogP contribution >= 0.6 is 0 Å². The van der Waals surface area contributed by atoms with Crippen molar-refractivity contribution in [2.24, 2.45) is 5.92 Å². The molecule has 1 unspecified atom stereocenters. The van der Waals surface area contributed by atoms with Crippen molar-refractivity contribution >= 4 is 27.6 Å². The molecule has 1 fully saturated rings. The molecule has 1 amide bonds. The van der Waals surface area contributed by atoms with E-state index < -0.39 is 15.9 Å². The van der Waals surface area contributed by atoms with Gasteiger partial charge in [-0.1, -0.05) is 12.1 Å². The molecule has 184 valence electrons. The van der Waals surface area contributed by atoms with Crippen molar-refractivity contribution in [3.63, 3.8) is 0 Å². The van der Waals surface area contributed by atoms with Crippen molar-refractivity contribution in [1.82, 2.24) is 4.31 Å². The first-order valence-corrected chi connectivity index (χ1v) is 12.5. The summed E-state index contributed by atoms with van der Waals surface area (Å²) in [6, 6.07) is 11.4. The zero-order valence-electron chi connectivity index (χ0n) is 19.6. The minimum atomic E-state index is -3.81. The molecule has 1 saturated heterocycles. The monoisotopic (exact) mass is 490 g/mol. The zero-order valence-corrected chi connectivity index (χ0v) is 20.4. The van der Waals surface area contributed by atoms with E-state index in [0.717, 1.165) is 5.56 Å². The number of carbonyl (C=O) groups is 2. The van der Waals surface area contributed by atoms with Gasteiger partial charge < -0.3 is 19.5 Å². The Balaban J connectivity index is 1.66. The highest BCUT2D eigenvalue weighted by Crippen LogP contribution is 2.32. The second kappa shape index (κ2) is 11.3. The summed E-state index contributed by atoms with van der Waals surface area (Å²) in [6.45, 7) is 2.50. The van der Waals surface area contributed by atoms with Gasteiger partial charge in [-0.15, -0.1) is 0 Å². The van der Waals surface area contributed by atoms with Crippen molar-refractivity contribution in [3.8, 4) is 11.5 Å². The van der Waals surface area contributed by atoms with Crippen LogP contribution in [0.1, 0.15) is 25.3 Å². The van der Waals surface area contributed by atoms with Crippen LogP contribution < -0.4 is 14.8 Å². The second-order valence-electron chi connectivity index (χ2n) is 7.89.